The maximum absolute atomic E-state index is 5.76. The smallest absolute Gasteiger partial charge is 0.182 e. The molecule has 1 nitrogen and oxygen atoms in total. The SMILES string of the molecule is CCCCCCCCC1(C)CCC[SiH]1OC. The van der Waals surface area contributed by atoms with Crippen molar-refractivity contribution in [3.63, 3.8) is 0 Å². The average molecular weight is 242 g/mol. The Morgan fingerprint density at radius 1 is 1.12 bits per heavy atom. The molecule has 1 rings (SSSR count). The van der Waals surface area contributed by atoms with Crippen LogP contribution in [0.4, 0.5) is 0 Å². The normalized spacial score (nSPS) is 29.8. The molecule has 96 valence electrons. The van der Waals surface area contributed by atoms with Gasteiger partial charge in [-0.3, -0.25) is 0 Å². The number of rotatable bonds is 8. The molecule has 1 saturated heterocycles. The molecular formula is C14H30OSi. The summed E-state index contributed by atoms with van der Waals surface area (Å²) in [6.45, 7) is 4.78. The zero-order chi connectivity index (χ0) is 11.9. The molecule has 1 aliphatic heterocycles. The van der Waals surface area contributed by atoms with Gasteiger partial charge in [0.05, 0.1) is 0 Å². The lowest BCUT2D eigenvalue weighted by atomic mass is 9.97. The number of unbranched alkanes of at least 4 members (excludes halogenated alkanes) is 5. The van der Waals surface area contributed by atoms with Crippen LogP contribution < -0.4 is 0 Å². The molecule has 1 fully saturated rings. The third-order valence-electron chi connectivity index (χ3n) is 4.38. The van der Waals surface area contributed by atoms with Crippen LogP contribution in [0.1, 0.15) is 71.6 Å². The molecule has 1 heterocycles. The van der Waals surface area contributed by atoms with E-state index in [1.165, 1.54) is 63.8 Å². The topological polar surface area (TPSA) is 9.23 Å². The van der Waals surface area contributed by atoms with Crippen LogP contribution in [0, 0.1) is 0 Å². The van der Waals surface area contributed by atoms with Crippen molar-refractivity contribution in [1.29, 1.82) is 0 Å². The van der Waals surface area contributed by atoms with Crippen molar-refractivity contribution < 1.29 is 4.43 Å². The highest BCUT2D eigenvalue weighted by atomic mass is 28.3. The predicted octanol–water partition coefficient (Wildman–Crippen LogP) is 4.66. The summed E-state index contributed by atoms with van der Waals surface area (Å²) >= 11 is 0. The second-order valence-electron chi connectivity index (χ2n) is 5.79. The fraction of sp³-hybridized carbons (Fsp3) is 1.00. The zero-order valence-electron chi connectivity index (χ0n) is 11.6. The van der Waals surface area contributed by atoms with Gasteiger partial charge in [-0.15, -0.1) is 0 Å². The van der Waals surface area contributed by atoms with E-state index >= 15 is 0 Å². The highest BCUT2D eigenvalue weighted by molar-refractivity contribution is 6.56. The predicted molar refractivity (Wildman–Crippen MR) is 74.6 cm³/mol. The van der Waals surface area contributed by atoms with E-state index in [1.54, 1.807) is 0 Å². The number of hydrogen-bond donors (Lipinski definition) is 0. The molecule has 2 atom stereocenters. The van der Waals surface area contributed by atoms with Gasteiger partial charge in [-0.1, -0.05) is 58.8 Å². The van der Waals surface area contributed by atoms with Crippen LogP contribution >= 0.6 is 0 Å². The molecule has 16 heavy (non-hydrogen) atoms. The summed E-state index contributed by atoms with van der Waals surface area (Å²) in [5.41, 5.74) is 0. The zero-order valence-corrected chi connectivity index (χ0v) is 12.7. The van der Waals surface area contributed by atoms with E-state index < -0.39 is 9.04 Å². The van der Waals surface area contributed by atoms with Gasteiger partial charge in [0.25, 0.3) is 0 Å². The van der Waals surface area contributed by atoms with Gasteiger partial charge in [-0.2, -0.15) is 0 Å². The van der Waals surface area contributed by atoms with Crippen LogP contribution in [0.3, 0.4) is 0 Å². The van der Waals surface area contributed by atoms with Crippen molar-refractivity contribution in [2.75, 3.05) is 7.11 Å². The maximum Gasteiger partial charge on any atom is 0.182 e. The first-order chi connectivity index (χ1) is 7.73. The molecule has 0 aromatic carbocycles. The van der Waals surface area contributed by atoms with Crippen molar-refractivity contribution in [1.82, 2.24) is 0 Å². The van der Waals surface area contributed by atoms with Crippen LogP contribution in [0.15, 0.2) is 0 Å². The quantitative estimate of drug-likeness (QED) is 0.444. The molecule has 2 unspecified atom stereocenters. The van der Waals surface area contributed by atoms with Crippen molar-refractivity contribution in [3.05, 3.63) is 0 Å². The first kappa shape index (κ1) is 14.2. The average Bonchev–Trinajstić information content (AvgIpc) is 2.65. The van der Waals surface area contributed by atoms with E-state index in [4.69, 9.17) is 4.43 Å². The first-order valence-corrected chi connectivity index (χ1v) is 9.12. The Kier molecular flexibility index (Phi) is 6.67. The molecule has 1 aliphatic rings. The monoisotopic (exact) mass is 242 g/mol. The Balaban J connectivity index is 2.11. The highest BCUT2D eigenvalue weighted by Crippen LogP contribution is 2.48. The van der Waals surface area contributed by atoms with Gasteiger partial charge in [0, 0.05) is 7.11 Å². The van der Waals surface area contributed by atoms with Gasteiger partial charge in [0.1, 0.15) is 0 Å². The van der Waals surface area contributed by atoms with E-state index in [0.717, 1.165) is 0 Å². The van der Waals surface area contributed by atoms with E-state index in [1.807, 2.05) is 7.11 Å². The van der Waals surface area contributed by atoms with E-state index in [9.17, 15) is 0 Å². The summed E-state index contributed by atoms with van der Waals surface area (Å²) in [6, 6.07) is 1.42. The van der Waals surface area contributed by atoms with Gasteiger partial charge < -0.3 is 4.43 Å². The Labute approximate surface area is 104 Å². The van der Waals surface area contributed by atoms with Crippen LogP contribution in [0.5, 0.6) is 0 Å². The minimum atomic E-state index is -0.855. The van der Waals surface area contributed by atoms with Gasteiger partial charge in [0.2, 0.25) is 0 Å². The van der Waals surface area contributed by atoms with Crippen molar-refractivity contribution in [2.24, 2.45) is 0 Å². The molecule has 0 aromatic rings. The summed E-state index contributed by atoms with van der Waals surface area (Å²) in [7, 11) is 1.09. The van der Waals surface area contributed by atoms with E-state index in [2.05, 4.69) is 13.8 Å². The van der Waals surface area contributed by atoms with Crippen molar-refractivity contribution in [2.45, 2.75) is 82.7 Å². The van der Waals surface area contributed by atoms with Gasteiger partial charge in [-0.05, 0) is 23.9 Å². The molecule has 0 saturated carbocycles. The first-order valence-electron chi connectivity index (χ1n) is 7.26. The summed E-state index contributed by atoms with van der Waals surface area (Å²) < 4.78 is 5.76. The summed E-state index contributed by atoms with van der Waals surface area (Å²) in [6.07, 6.45) is 12.9. The summed E-state index contributed by atoms with van der Waals surface area (Å²) in [4.78, 5) is 0. The minimum absolute atomic E-state index is 0.625. The van der Waals surface area contributed by atoms with E-state index in [0.29, 0.717) is 5.04 Å². The summed E-state index contributed by atoms with van der Waals surface area (Å²) in [5.74, 6) is 0. The molecule has 0 amide bonds. The lowest BCUT2D eigenvalue weighted by molar-refractivity contribution is 0.373. The third-order valence-corrected chi connectivity index (χ3v) is 8.01. The largest absolute Gasteiger partial charge is 0.423 e. The van der Waals surface area contributed by atoms with Gasteiger partial charge in [-0.25, -0.2) is 0 Å². The maximum atomic E-state index is 5.76. The number of hydrogen-bond acceptors (Lipinski definition) is 1. The van der Waals surface area contributed by atoms with Gasteiger partial charge in [0.15, 0.2) is 9.04 Å². The highest BCUT2D eigenvalue weighted by Gasteiger charge is 2.39. The third kappa shape index (κ3) is 4.21. The van der Waals surface area contributed by atoms with Crippen LogP contribution in [-0.4, -0.2) is 16.2 Å². The van der Waals surface area contributed by atoms with Gasteiger partial charge >= 0.3 is 0 Å². The molecule has 0 radical (unpaired) electrons. The fourth-order valence-corrected chi connectivity index (χ4v) is 6.33. The lowest BCUT2D eigenvalue weighted by Gasteiger charge is -2.29. The molecule has 0 aromatic heterocycles. The second kappa shape index (κ2) is 7.49. The van der Waals surface area contributed by atoms with Crippen LogP contribution in [0.25, 0.3) is 0 Å². The standard InChI is InChI=1S/C14H30OSi/c1-4-5-6-7-8-9-11-14(2)12-10-13-16(14)15-3/h16H,4-13H2,1-3H3. The second-order valence-corrected chi connectivity index (χ2v) is 9.21. The molecule has 0 aliphatic carbocycles. The molecule has 0 N–H and O–H groups in total. The Bertz CT molecular complexity index is 184. The fourth-order valence-electron chi connectivity index (χ4n) is 3.20. The molecule has 0 bridgehead atoms. The van der Waals surface area contributed by atoms with E-state index in [-0.39, 0.29) is 0 Å². The Morgan fingerprint density at radius 3 is 2.50 bits per heavy atom. The Hall–Kier alpha value is 0.177. The molecule has 0 spiro atoms. The van der Waals surface area contributed by atoms with Crippen molar-refractivity contribution in [3.8, 4) is 0 Å². The minimum Gasteiger partial charge on any atom is -0.423 e. The molecular weight excluding hydrogens is 212 g/mol. The van der Waals surface area contributed by atoms with Crippen molar-refractivity contribution >= 4 is 9.04 Å². The lowest BCUT2D eigenvalue weighted by Crippen LogP contribution is -2.26. The summed E-state index contributed by atoms with van der Waals surface area (Å²) in [5, 5.41) is 0.625. The molecule has 2 heteroatoms. The van der Waals surface area contributed by atoms with Crippen LogP contribution in [0.2, 0.25) is 11.1 Å². The van der Waals surface area contributed by atoms with Crippen LogP contribution in [-0.2, 0) is 4.43 Å². The Morgan fingerprint density at radius 2 is 1.81 bits per heavy atom.